The highest BCUT2D eigenvalue weighted by atomic mass is 16.4. The Labute approximate surface area is 270 Å². The van der Waals surface area contributed by atoms with Gasteiger partial charge in [-0.25, -0.2) is 4.79 Å². The van der Waals surface area contributed by atoms with Crippen molar-refractivity contribution in [3.63, 3.8) is 0 Å². The number of hydrogen-bond donors (Lipinski definition) is 8. The predicted molar refractivity (Wildman–Crippen MR) is 172 cm³/mol. The van der Waals surface area contributed by atoms with Crippen molar-refractivity contribution in [2.24, 2.45) is 5.73 Å². The number of benzene rings is 3. The van der Waals surface area contributed by atoms with E-state index in [9.17, 15) is 34.2 Å². The molecule has 4 atom stereocenters. The summed E-state index contributed by atoms with van der Waals surface area (Å²) >= 11 is 0. The molecule has 3 aromatic carbocycles. The molecule has 0 aliphatic carbocycles. The zero-order valence-electron chi connectivity index (χ0n) is 25.4. The molecule has 4 rings (SSSR count). The van der Waals surface area contributed by atoms with Gasteiger partial charge < -0.3 is 42.0 Å². The quantitative estimate of drug-likeness (QED) is 0.0887. The van der Waals surface area contributed by atoms with Crippen LogP contribution in [0.4, 0.5) is 0 Å². The topological polar surface area (TPSA) is 224 Å². The van der Waals surface area contributed by atoms with Crippen LogP contribution < -0.4 is 21.7 Å². The van der Waals surface area contributed by atoms with Crippen molar-refractivity contribution in [2.75, 3.05) is 0 Å². The number of carbonyl (C=O) groups is 5. The average Bonchev–Trinajstić information content (AvgIpc) is 3.45. The van der Waals surface area contributed by atoms with Gasteiger partial charge in [0.2, 0.25) is 17.7 Å². The molecule has 4 aromatic rings. The number of aromatic hydroxyl groups is 1. The fraction of sp³-hybridized carbons (Fsp3) is 0.265. The Kier molecular flexibility index (Phi) is 11.7. The van der Waals surface area contributed by atoms with E-state index in [-0.39, 0.29) is 31.4 Å². The third kappa shape index (κ3) is 9.90. The zero-order chi connectivity index (χ0) is 33.9. The number of hydrogen-bond acceptors (Lipinski definition) is 7. The summed E-state index contributed by atoms with van der Waals surface area (Å²) in [6.45, 7) is 0. The number of carbonyl (C=O) groups excluding carboxylic acids is 3. The summed E-state index contributed by atoms with van der Waals surface area (Å²) in [4.78, 5) is 66.5. The van der Waals surface area contributed by atoms with Gasteiger partial charge in [0.25, 0.3) is 0 Å². The van der Waals surface area contributed by atoms with Gasteiger partial charge in [0.15, 0.2) is 0 Å². The zero-order valence-corrected chi connectivity index (χ0v) is 25.4. The van der Waals surface area contributed by atoms with Crippen LogP contribution in [-0.2, 0) is 43.2 Å². The summed E-state index contributed by atoms with van der Waals surface area (Å²) in [5.74, 6) is -4.83. The minimum Gasteiger partial charge on any atom is -0.508 e. The lowest BCUT2D eigenvalue weighted by atomic mass is 10.0. The van der Waals surface area contributed by atoms with Crippen LogP contribution in [0.2, 0.25) is 0 Å². The second-order valence-corrected chi connectivity index (χ2v) is 11.2. The molecule has 0 saturated carbocycles. The molecule has 3 amide bonds. The summed E-state index contributed by atoms with van der Waals surface area (Å²) in [5.41, 5.74) is 9.25. The van der Waals surface area contributed by atoms with E-state index in [1.165, 1.54) is 12.1 Å². The van der Waals surface area contributed by atoms with Crippen LogP contribution in [-0.4, -0.2) is 74.1 Å². The van der Waals surface area contributed by atoms with Gasteiger partial charge in [-0.2, -0.15) is 0 Å². The van der Waals surface area contributed by atoms with E-state index in [1.54, 1.807) is 48.7 Å². The number of nitrogens with one attached hydrogen (secondary N) is 4. The van der Waals surface area contributed by atoms with Gasteiger partial charge in [0, 0.05) is 36.4 Å². The summed E-state index contributed by atoms with van der Waals surface area (Å²) in [7, 11) is 0. The van der Waals surface area contributed by atoms with Gasteiger partial charge in [0.1, 0.15) is 23.9 Å². The van der Waals surface area contributed by atoms with Crippen LogP contribution in [0.15, 0.2) is 85.1 Å². The molecule has 1 aromatic heterocycles. The molecule has 0 saturated heterocycles. The van der Waals surface area contributed by atoms with Gasteiger partial charge in [-0.1, -0.05) is 60.7 Å². The Morgan fingerprint density at radius 3 is 1.85 bits per heavy atom. The molecule has 13 nitrogen and oxygen atoms in total. The number of aromatic nitrogens is 1. The number of H-pyrrole nitrogens is 1. The lowest BCUT2D eigenvalue weighted by Crippen LogP contribution is -2.58. The van der Waals surface area contributed by atoms with E-state index in [0.29, 0.717) is 11.1 Å². The van der Waals surface area contributed by atoms with Crippen LogP contribution in [0.25, 0.3) is 10.9 Å². The molecule has 0 fully saturated rings. The molecular formula is C34H37N5O8. The number of amides is 3. The lowest BCUT2D eigenvalue weighted by molar-refractivity contribution is -0.143. The van der Waals surface area contributed by atoms with Crippen molar-refractivity contribution in [3.05, 3.63) is 102 Å². The van der Waals surface area contributed by atoms with Crippen molar-refractivity contribution < 1.29 is 39.3 Å². The van der Waals surface area contributed by atoms with E-state index in [2.05, 4.69) is 20.9 Å². The summed E-state index contributed by atoms with van der Waals surface area (Å²) in [5, 5.41) is 36.9. The monoisotopic (exact) mass is 643 g/mol. The average molecular weight is 644 g/mol. The summed E-state index contributed by atoms with van der Waals surface area (Å²) in [6.07, 6.45) is 1.04. The first-order chi connectivity index (χ1) is 22.5. The minimum absolute atomic E-state index is 0.00928. The molecule has 13 heteroatoms. The standard InChI is InChI=1S/C34H37N5O8/c35-25(18-22-19-36-26-9-5-4-8-24(22)26)31(43)38-28(17-21-10-12-23(40)13-11-21)33(45)39-29(16-20-6-2-1-3-7-20)32(44)37-27(34(46)47)14-15-30(41)42/h1-13,19,25,27-29,36,40H,14-18,35H2,(H,37,44)(H,38,43)(H,39,45)(H,41,42)(H,46,47). The number of rotatable bonds is 16. The van der Waals surface area contributed by atoms with Crippen LogP contribution in [0.3, 0.4) is 0 Å². The lowest BCUT2D eigenvalue weighted by Gasteiger charge is -2.25. The maximum absolute atomic E-state index is 13.8. The second kappa shape index (κ2) is 16.0. The van der Waals surface area contributed by atoms with Gasteiger partial charge in [-0.15, -0.1) is 0 Å². The number of nitrogens with two attached hydrogens (primary N) is 1. The Balaban J connectivity index is 1.55. The third-order valence-corrected chi connectivity index (χ3v) is 7.64. The van der Waals surface area contributed by atoms with Crippen molar-refractivity contribution in [3.8, 4) is 5.75 Å². The Morgan fingerprint density at radius 1 is 0.681 bits per heavy atom. The molecule has 246 valence electrons. The van der Waals surface area contributed by atoms with E-state index >= 15 is 0 Å². The first kappa shape index (κ1) is 34.2. The predicted octanol–water partition coefficient (Wildman–Crippen LogP) is 1.63. The molecule has 0 radical (unpaired) electrons. The highest BCUT2D eigenvalue weighted by molar-refractivity contribution is 5.95. The van der Waals surface area contributed by atoms with E-state index < -0.39 is 60.2 Å². The largest absolute Gasteiger partial charge is 0.508 e. The van der Waals surface area contributed by atoms with Gasteiger partial charge >= 0.3 is 11.9 Å². The van der Waals surface area contributed by atoms with E-state index in [1.807, 2.05) is 24.3 Å². The Morgan fingerprint density at radius 2 is 1.23 bits per heavy atom. The van der Waals surface area contributed by atoms with Gasteiger partial charge in [-0.05, 0) is 47.7 Å². The smallest absolute Gasteiger partial charge is 0.326 e. The molecule has 47 heavy (non-hydrogen) atoms. The van der Waals surface area contributed by atoms with Crippen LogP contribution in [0.1, 0.15) is 29.5 Å². The molecule has 9 N–H and O–H groups in total. The number of aliphatic carboxylic acids is 2. The molecular weight excluding hydrogens is 606 g/mol. The molecule has 0 bridgehead atoms. The fourth-order valence-corrected chi connectivity index (χ4v) is 5.11. The highest BCUT2D eigenvalue weighted by Crippen LogP contribution is 2.19. The van der Waals surface area contributed by atoms with Crippen LogP contribution in [0.5, 0.6) is 5.75 Å². The molecule has 0 aliphatic rings. The number of carboxylic acids is 2. The first-order valence-corrected chi connectivity index (χ1v) is 15.0. The number of fused-ring (bicyclic) bond motifs is 1. The van der Waals surface area contributed by atoms with Crippen molar-refractivity contribution in [2.45, 2.75) is 56.3 Å². The number of aromatic amines is 1. The van der Waals surface area contributed by atoms with Crippen LogP contribution >= 0.6 is 0 Å². The highest BCUT2D eigenvalue weighted by Gasteiger charge is 2.31. The number of phenols is 1. The maximum atomic E-state index is 13.8. The van der Waals surface area contributed by atoms with Crippen LogP contribution in [0, 0.1) is 0 Å². The normalized spacial score (nSPS) is 13.6. The summed E-state index contributed by atoms with van der Waals surface area (Å²) < 4.78 is 0. The third-order valence-electron chi connectivity index (χ3n) is 7.64. The van der Waals surface area contributed by atoms with Crippen molar-refractivity contribution in [1.82, 2.24) is 20.9 Å². The fourth-order valence-electron chi connectivity index (χ4n) is 5.11. The first-order valence-electron chi connectivity index (χ1n) is 15.0. The van der Waals surface area contributed by atoms with E-state index in [4.69, 9.17) is 10.8 Å². The van der Waals surface area contributed by atoms with Crippen molar-refractivity contribution in [1.29, 1.82) is 0 Å². The molecule has 0 aliphatic heterocycles. The second-order valence-electron chi connectivity index (χ2n) is 11.2. The summed E-state index contributed by atoms with van der Waals surface area (Å²) in [6, 6.07) is 17.3. The molecule has 1 heterocycles. The minimum atomic E-state index is -1.51. The molecule has 4 unspecified atom stereocenters. The van der Waals surface area contributed by atoms with Gasteiger partial charge in [0.05, 0.1) is 6.04 Å². The number of para-hydroxylation sites is 1. The van der Waals surface area contributed by atoms with E-state index in [0.717, 1.165) is 16.5 Å². The molecule has 0 spiro atoms. The van der Waals surface area contributed by atoms with Crippen molar-refractivity contribution >= 4 is 40.6 Å². The number of carboxylic acid groups (broad SMARTS) is 2. The number of phenolic OH excluding ortho intramolecular Hbond substituents is 1. The maximum Gasteiger partial charge on any atom is 0.326 e. The Bertz CT molecular complexity index is 1710. The van der Waals surface area contributed by atoms with Gasteiger partial charge in [-0.3, -0.25) is 19.2 Å². The SMILES string of the molecule is NC(Cc1c[nH]c2ccccc12)C(=O)NC(Cc1ccc(O)cc1)C(=O)NC(Cc1ccccc1)C(=O)NC(CCC(=O)O)C(=O)O. The Hall–Kier alpha value is -5.69.